The Morgan fingerprint density at radius 2 is 1.76 bits per heavy atom. The van der Waals surface area contributed by atoms with Gasteiger partial charge in [-0.2, -0.15) is 0 Å². The average Bonchev–Trinajstić information content (AvgIpc) is 3.39. The van der Waals surface area contributed by atoms with Crippen LogP contribution in [0.1, 0.15) is 49.7 Å². The monoisotopic (exact) mass is 450 g/mol. The van der Waals surface area contributed by atoms with E-state index in [0.717, 1.165) is 68.6 Å². The van der Waals surface area contributed by atoms with Crippen molar-refractivity contribution in [1.29, 1.82) is 0 Å². The minimum atomic E-state index is 0.283. The fourth-order valence-electron chi connectivity index (χ4n) is 4.86. The molecular formula is C28H38N2O3. The van der Waals surface area contributed by atoms with Crippen molar-refractivity contribution in [2.75, 3.05) is 39.4 Å². The number of hydrogen-bond donors (Lipinski definition) is 0. The molecule has 1 saturated carbocycles. The molecular weight excluding hydrogens is 412 g/mol. The summed E-state index contributed by atoms with van der Waals surface area (Å²) in [5.41, 5.74) is 2.27. The number of carbonyl (C=O) groups excluding carboxylic acids is 1. The van der Waals surface area contributed by atoms with E-state index in [4.69, 9.17) is 9.47 Å². The van der Waals surface area contributed by atoms with Gasteiger partial charge in [0.15, 0.2) is 0 Å². The van der Waals surface area contributed by atoms with E-state index in [9.17, 15) is 4.79 Å². The molecule has 1 heterocycles. The summed E-state index contributed by atoms with van der Waals surface area (Å²) in [6, 6.07) is 18.4. The topological polar surface area (TPSA) is 42.0 Å². The van der Waals surface area contributed by atoms with Crippen molar-refractivity contribution < 1.29 is 14.3 Å². The normalized spacial score (nSPS) is 17.2. The van der Waals surface area contributed by atoms with Crippen LogP contribution >= 0.6 is 0 Å². The second-order valence-corrected chi connectivity index (χ2v) is 9.38. The third-order valence-electron chi connectivity index (χ3n) is 6.90. The Balaban J connectivity index is 1.35. The highest BCUT2D eigenvalue weighted by atomic mass is 16.5. The lowest BCUT2D eigenvalue weighted by atomic mass is 10.0. The van der Waals surface area contributed by atoms with Crippen molar-refractivity contribution in [3.8, 4) is 5.75 Å². The minimum absolute atomic E-state index is 0.283. The summed E-state index contributed by atoms with van der Waals surface area (Å²) >= 11 is 0. The van der Waals surface area contributed by atoms with E-state index in [-0.39, 0.29) is 5.91 Å². The van der Waals surface area contributed by atoms with E-state index in [1.54, 1.807) is 0 Å². The van der Waals surface area contributed by atoms with Crippen molar-refractivity contribution >= 4 is 5.91 Å². The molecule has 5 heteroatoms. The third-order valence-corrected chi connectivity index (χ3v) is 6.90. The van der Waals surface area contributed by atoms with Gasteiger partial charge in [-0.1, -0.05) is 68.1 Å². The van der Waals surface area contributed by atoms with Crippen LogP contribution in [0.3, 0.4) is 0 Å². The van der Waals surface area contributed by atoms with Gasteiger partial charge in [-0.25, -0.2) is 0 Å². The van der Waals surface area contributed by atoms with Crippen LogP contribution in [0.15, 0.2) is 54.6 Å². The molecule has 1 amide bonds. The van der Waals surface area contributed by atoms with Crippen LogP contribution in [0, 0.1) is 5.92 Å². The SMILES string of the molecule is O=C(CCC1CCCC1)N(CCN1CCOCC1)Cc1cccc(OCc2ccccc2)c1. The predicted octanol–water partition coefficient (Wildman–Crippen LogP) is 4.90. The number of nitrogens with zero attached hydrogens (tertiary/aromatic N) is 2. The maximum atomic E-state index is 13.2. The molecule has 0 atom stereocenters. The Morgan fingerprint density at radius 3 is 2.55 bits per heavy atom. The number of hydrogen-bond acceptors (Lipinski definition) is 4. The molecule has 4 rings (SSSR count). The molecule has 2 aromatic carbocycles. The van der Waals surface area contributed by atoms with E-state index in [1.807, 2.05) is 30.3 Å². The van der Waals surface area contributed by atoms with Gasteiger partial charge in [-0.15, -0.1) is 0 Å². The smallest absolute Gasteiger partial charge is 0.222 e. The molecule has 2 fully saturated rings. The fourth-order valence-corrected chi connectivity index (χ4v) is 4.86. The number of carbonyl (C=O) groups is 1. The van der Waals surface area contributed by atoms with Gasteiger partial charge >= 0.3 is 0 Å². The van der Waals surface area contributed by atoms with E-state index >= 15 is 0 Å². The summed E-state index contributed by atoms with van der Waals surface area (Å²) in [5.74, 6) is 1.87. The molecule has 1 aliphatic carbocycles. The summed E-state index contributed by atoms with van der Waals surface area (Å²) in [7, 11) is 0. The minimum Gasteiger partial charge on any atom is -0.489 e. The quantitative estimate of drug-likeness (QED) is 0.489. The van der Waals surface area contributed by atoms with Crippen LogP contribution in [0.5, 0.6) is 5.75 Å². The number of amides is 1. The molecule has 0 radical (unpaired) electrons. The molecule has 33 heavy (non-hydrogen) atoms. The Kier molecular flexibility index (Phi) is 9.19. The lowest BCUT2D eigenvalue weighted by Gasteiger charge is -2.30. The van der Waals surface area contributed by atoms with Crippen LogP contribution in [0.4, 0.5) is 0 Å². The van der Waals surface area contributed by atoms with Gasteiger partial charge in [-0.3, -0.25) is 9.69 Å². The average molecular weight is 451 g/mol. The molecule has 1 saturated heterocycles. The van der Waals surface area contributed by atoms with Crippen LogP contribution in [-0.2, 0) is 22.7 Å². The highest BCUT2D eigenvalue weighted by Gasteiger charge is 2.21. The standard InChI is InChI=1S/C28H38N2O3/c31-28(14-13-24-7-4-5-8-24)30(16-15-29-17-19-32-20-18-29)22-26-11-6-12-27(21-26)33-23-25-9-2-1-3-10-25/h1-3,6,9-12,21,24H,4-5,7-8,13-20,22-23H2. The highest BCUT2D eigenvalue weighted by Crippen LogP contribution is 2.29. The van der Waals surface area contributed by atoms with Crippen molar-refractivity contribution in [2.24, 2.45) is 5.92 Å². The Bertz CT molecular complexity index is 845. The molecule has 0 N–H and O–H groups in total. The molecule has 2 aliphatic rings. The second-order valence-electron chi connectivity index (χ2n) is 9.38. The summed E-state index contributed by atoms with van der Waals surface area (Å²) in [6.45, 7) is 6.33. The zero-order valence-electron chi connectivity index (χ0n) is 19.8. The van der Waals surface area contributed by atoms with E-state index in [1.165, 1.54) is 25.7 Å². The number of benzene rings is 2. The van der Waals surface area contributed by atoms with Gasteiger partial charge in [0.05, 0.1) is 13.2 Å². The largest absolute Gasteiger partial charge is 0.489 e. The van der Waals surface area contributed by atoms with Crippen molar-refractivity contribution in [1.82, 2.24) is 9.80 Å². The van der Waals surface area contributed by atoms with E-state index < -0.39 is 0 Å². The number of morpholine rings is 1. The first-order valence-corrected chi connectivity index (χ1v) is 12.6. The molecule has 0 spiro atoms. The van der Waals surface area contributed by atoms with Crippen molar-refractivity contribution in [2.45, 2.75) is 51.7 Å². The van der Waals surface area contributed by atoms with Gasteiger partial charge < -0.3 is 14.4 Å². The molecule has 5 nitrogen and oxygen atoms in total. The summed E-state index contributed by atoms with van der Waals surface area (Å²) in [6.07, 6.45) is 6.94. The van der Waals surface area contributed by atoms with Crippen molar-refractivity contribution in [3.63, 3.8) is 0 Å². The highest BCUT2D eigenvalue weighted by molar-refractivity contribution is 5.76. The maximum Gasteiger partial charge on any atom is 0.222 e. The Morgan fingerprint density at radius 1 is 1.00 bits per heavy atom. The molecule has 1 aliphatic heterocycles. The predicted molar refractivity (Wildman–Crippen MR) is 131 cm³/mol. The Hall–Kier alpha value is -2.37. The van der Waals surface area contributed by atoms with Crippen LogP contribution in [0.2, 0.25) is 0 Å². The van der Waals surface area contributed by atoms with E-state index in [0.29, 0.717) is 19.6 Å². The van der Waals surface area contributed by atoms with Gasteiger partial charge in [0.1, 0.15) is 12.4 Å². The molecule has 2 aromatic rings. The first kappa shape index (κ1) is 23.8. The third kappa shape index (κ3) is 7.86. The zero-order chi connectivity index (χ0) is 22.7. The Labute approximate surface area is 198 Å². The van der Waals surface area contributed by atoms with Gasteiger partial charge in [0, 0.05) is 39.1 Å². The lowest BCUT2D eigenvalue weighted by Crippen LogP contribution is -2.42. The zero-order valence-corrected chi connectivity index (χ0v) is 19.8. The molecule has 0 bridgehead atoms. The van der Waals surface area contributed by atoms with Crippen LogP contribution in [-0.4, -0.2) is 55.1 Å². The van der Waals surface area contributed by atoms with E-state index in [2.05, 4.69) is 34.1 Å². The summed E-state index contributed by atoms with van der Waals surface area (Å²) in [5, 5.41) is 0. The molecule has 0 unspecified atom stereocenters. The van der Waals surface area contributed by atoms with Gasteiger partial charge in [-0.05, 0) is 35.6 Å². The second kappa shape index (κ2) is 12.8. The van der Waals surface area contributed by atoms with Gasteiger partial charge in [0.2, 0.25) is 5.91 Å². The molecule has 178 valence electrons. The first-order chi connectivity index (χ1) is 16.3. The van der Waals surface area contributed by atoms with Crippen LogP contribution < -0.4 is 4.74 Å². The van der Waals surface area contributed by atoms with Gasteiger partial charge in [0.25, 0.3) is 0 Å². The maximum absolute atomic E-state index is 13.2. The fraction of sp³-hybridized carbons (Fsp3) is 0.536. The summed E-state index contributed by atoms with van der Waals surface area (Å²) < 4.78 is 11.5. The van der Waals surface area contributed by atoms with Crippen molar-refractivity contribution in [3.05, 3.63) is 65.7 Å². The molecule has 0 aromatic heterocycles. The lowest BCUT2D eigenvalue weighted by molar-refractivity contribution is -0.132. The number of rotatable bonds is 11. The number of ether oxygens (including phenoxy) is 2. The first-order valence-electron chi connectivity index (χ1n) is 12.6. The summed E-state index contributed by atoms with van der Waals surface area (Å²) in [4.78, 5) is 17.7. The van der Waals surface area contributed by atoms with Crippen LogP contribution in [0.25, 0.3) is 0 Å².